The first kappa shape index (κ1) is 19.3. The van der Waals surface area contributed by atoms with Gasteiger partial charge in [-0.15, -0.1) is 0 Å². The van der Waals surface area contributed by atoms with Gasteiger partial charge in [0.25, 0.3) is 0 Å². The summed E-state index contributed by atoms with van der Waals surface area (Å²) in [7, 11) is 0. The summed E-state index contributed by atoms with van der Waals surface area (Å²) in [6.07, 6.45) is 0.434. The van der Waals surface area contributed by atoms with Crippen LogP contribution in [0, 0.1) is 5.41 Å². The SMILES string of the molecule is CC.CCC(=O)C(NC(=O)NC(C)C)C(C)(C)C. The molecule has 0 heterocycles. The Morgan fingerprint density at radius 2 is 1.50 bits per heavy atom. The number of hydrogen-bond donors (Lipinski definition) is 2. The second-order valence-corrected chi connectivity index (χ2v) is 5.39. The topological polar surface area (TPSA) is 58.2 Å². The van der Waals surface area contributed by atoms with E-state index in [1.54, 1.807) is 0 Å². The molecule has 4 nitrogen and oxygen atoms in total. The molecule has 0 bridgehead atoms. The van der Waals surface area contributed by atoms with Gasteiger partial charge in [0.15, 0.2) is 5.78 Å². The Labute approximate surface area is 112 Å². The van der Waals surface area contributed by atoms with Crippen molar-refractivity contribution in [2.45, 2.75) is 73.9 Å². The largest absolute Gasteiger partial charge is 0.336 e. The minimum atomic E-state index is -0.434. The van der Waals surface area contributed by atoms with Crippen molar-refractivity contribution in [3.63, 3.8) is 0 Å². The van der Waals surface area contributed by atoms with Crippen LogP contribution in [0.2, 0.25) is 0 Å². The highest BCUT2D eigenvalue weighted by atomic mass is 16.2. The van der Waals surface area contributed by atoms with E-state index in [1.165, 1.54) is 0 Å². The molecular weight excluding hydrogens is 228 g/mol. The molecule has 108 valence electrons. The van der Waals surface area contributed by atoms with Crippen molar-refractivity contribution in [2.24, 2.45) is 5.41 Å². The average molecular weight is 258 g/mol. The second kappa shape index (κ2) is 8.95. The molecule has 0 saturated carbocycles. The molecule has 18 heavy (non-hydrogen) atoms. The van der Waals surface area contributed by atoms with Crippen LogP contribution in [0.3, 0.4) is 0 Å². The molecule has 4 heteroatoms. The molecule has 0 saturated heterocycles. The number of urea groups is 1. The molecule has 0 rings (SSSR count). The Morgan fingerprint density at radius 3 is 1.78 bits per heavy atom. The van der Waals surface area contributed by atoms with Crippen LogP contribution in [0.5, 0.6) is 0 Å². The number of carbonyl (C=O) groups excluding carboxylic acids is 2. The first-order valence-electron chi connectivity index (χ1n) is 6.78. The molecule has 0 aromatic heterocycles. The van der Waals surface area contributed by atoms with Crippen molar-refractivity contribution in [3.8, 4) is 0 Å². The third kappa shape index (κ3) is 8.09. The van der Waals surface area contributed by atoms with Crippen LogP contribution < -0.4 is 10.6 Å². The number of rotatable bonds is 4. The summed E-state index contributed by atoms with van der Waals surface area (Å²) in [5.74, 6) is 0.0615. The van der Waals surface area contributed by atoms with E-state index in [4.69, 9.17) is 0 Å². The van der Waals surface area contributed by atoms with Crippen molar-refractivity contribution in [3.05, 3.63) is 0 Å². The number of ketones is 1. The Morgan fingerprint density at radius 1 is 1.06 bits per heavy atom. The zero-order valence-electron chi connectivity index (χ0n) is 13.2. The van der Waals surface area contributed by atoms with E-state index in [0.29, 0.717) is 6.42 Å². The van der Waals surface area contributed by atoms with Crippen LogP contribution in [-0.2, 0) is 4.79 Å². The quantitative estimate of drug-likeness (QED) is 0.814. The zero-order chi connectivity index (χ0) is 14.9. The van der Waals surface area contributed by atoms with E-state index in [1.807, 2.05) is 55.4 Å². The van der Waals surface area contributed by atoms with Gasteiger partial charge < -0.3 is 10.6 Å². The van der Waals surface area contributed by atoms with Crippen LogP contribution in [-0.4, -0.2) is 23.9 Å². The Kier molecular flexibility index (Phi) is 9.59. The van der Waals surface area contributed by atoms with Crippen molar-refractivity contribution in [1.82, 2.24) is 10.6 Å². The summed E-state index contributed by atoms with van der Waals surface area (Å²) >= 11 is 0. The van der Waals surface area contributed by atoms with Crippen molar-refractivity contribution in [1.29, 1.82) is 0 Å². The maximum Gasteiger partial charge on any atom is 0.315 e. The Hall–Kier alpha value is -1.06. The molecular formula is C14H30N2O2. The molecule has 0 fully saturated rings. The predicted molar refractivity (Wildman–Crippen MR) is 76.7 cm³/mol. The number of nitrogens with one attached hydrogen (secondary N) is 2. The molecule has 0 aromatic rings. The zero-order valence-corrected chi connectivity index (χ0v) is 13.2. The fourth-order valence-corrected chi connectivity index (χ4v) is 1.42. The van der Waals surface area contributed by atoms with E-state index in [2.05, 4.69) is 10.6 Å². The molecule has 2 N–H and O–H groups in total. The van der Waals surface area contributed by atoms with E-state index >= 15 is 0 Å². The van der Waals surface area contributed by atoms with Gasteiger partial charge in [-0.1, -0.05) is 41.5 Å². The van der Waals surface area contributed by atoms with Gasteiger partial charge in [-0.25, -0.2) is 4.79 Å². The molecule has 0 spiro atoms. The maximum atomic E-state index is 11.7. The fourth-order valence-electron chi connectivity index (χ4n) is 1.42. The minimum absolute atomic E-state index is 0.0615. The van der Waals surface area contributed by atoms with Crippen molar-refractivity contribution >= 4 is 11.8 Å². The first-order valence-corrected chi connectivity index (χ1v) is 6.78. The van der Waals surface area contributed by atoms with Gasteiger partial charge in [0.2, 0.25) is 0 Å². The highest BCUT2D eigenvalue weighted by Gasteiger charge is 2.31. The maximum absolute atomic E-state index is 11.7. The molecule has 0 aliphatic carbocycles. The van der Waals surface area contributed by atoms with Crippen LogP contribution in [0.15, 0.2) is 0 Å². The second-order valence-electron chi connectivity index (χ2n) is 5.39. The van der Waals surface area contributed by atoms with Gasteiger partial charge in [0.1, 0.15) is 0 Å². The van der Waals surface area contributed by atoms with E-state index in [9.17, 15) is 9.59 Å². The van der Waals surface area contributed by atoms with Gasteiger partial charge in [0, 0.05) is 12.5 Å². The summed E-state index contributed by atoms with van der Waals surface area (Å²) in [5, 5.41) is 5.46. The summed E-state index contributed by atoms with van der Waals surface area (Å²) in [5.41, 5.74) is -0.262. The van der Waals surface area contributed by atoms with Crippen molar-refractivity contribution in [2.75, 3.05) is 0 Å². The summed E-state index contributed by atoms with van der Waals surface area (Å²) < 4.78 is 0. The Balaban J connectivity index is 0. The van der Waals surface area contributed by atoms with Gasteiger partial charge >= 0.3 is 6.03 Å². The lowest BCUT2D eigenvalue weighted by molar-refractivity contribution is -0.122. The molecule has 0 aliphatic rings. The van der Waals surface area contributed by atoms with E-state index < -0.39 is 6.04 Å². The molecule has 0 aliphatic heterocycles. The third-order valence-electron chi connectivity index (χ3n) is 2.23. The molecule has 1 atom stereocenters. The van der Waals surface area contributed by atoms with E-state index in [0.717, 1.165) is 0 Å². The van der Waals surface area contributed by atoms with Crippen LogP contribution in [0.4, 0.5) is 4.79 Å². The number of carbonyl (C=O) groups is 2. The van der Waals surface area contributed by atoms with Gasteiger partial charge in [-0.05, 0) is 19.3 Å². The van der Waals surface area contributed by atoms with Gasteiger partial charge in [-0.3, -0.25) is 4.79 Å². The monoisotopic (exact) mass is 258 g/mol. The van der Waals surface area contributed by atoms with Crippen LogP contribution in [0.1, 0.15) is 61.8 Å². The van der Waals surface area contributed by atoms with E-state index in [-0.39, 0.29) is 23.3 Å². The molecule has 1 unspecified atom stereocenters. The number of Topliss-reactive ketones (excluding diaryl/α,β-unsaturated/α-hetero) is 1. The summed E-state index contributed by atoms with van der Waals surface area (Å²) in [6, 6.07) is -0.648. The normalized spacial score (nSPS) is 12.3. The summed E-state index contributed by atoms with van der Waals surface area (Å²) in [4.78, 5) is 23.3. The minimum Gasteiger partial charge on any atom is -0.336 e. The van der Waals surface area contributed by atoms with Gasteiger partial charge in [0.05, 0.1) is 6.04 Å². The molecule has 2 amide bonds. The Bertz CT molecular complexity index is 255. The fraction of sp³-hybridized carbons (Fsp3) is 0.857. The number of hydrogen-bond acceptors (Lipinski definition) is 2. The molecule has 0 aromatic carbocycles. The van der Waals surface area contributed by atoms with Gasteiger partial charge in [-0.2, -0.15) is 0 Å². The lowest BCUT2D eigenvalue weighted by Gasteiger charge is -2.30. The van der Waals surface area contributed by atoms with Crippen LogP contribution in [0.25, 0.3) is 0 Å². The van der Waals surface area contributed by atoms with Crippen molar-refractivity contribution < 1.29 is 9.59 Å². The predicted octanol–water partition coefficient (Wildman–Crippen LogP) is 3.11. The molecule has 0 radical (unpaired) electrons. The summed E-state index contributed by atoms with van der Waals surface area (Å²) in [6.45, 7) is 15.4. The smallest absolute Gasteiger partial charge is 0.315 e. The highest BCUT2D eigenvalue weighted by Crippen LogP contribution is 2.20. The highest BCUT2D eigenvalue weighted by molar-refractivity contribution is 5.89. The third-order valence-corrected chi connectivity index (χ3v) is 2.23. The first-order chi connectivity index (χ1) is 8.18. The standard InChI is InChI=1S/C12H24N2O2.C2H6/c1-7-9(15)10(12(4,5)6)14-11(16)13-8(2)3;1-2/h8,10H,7H2,1-6H3,(H2,13,14,16);1-2H3. The van der Waals surface area contributed by atoms with Crippen LogP contribution >= 0.6 is 0 Å². The number of amides is 2. The lowest BCUT2D eigenvalue weighted by atomic mass is 9.83. The lowest BCUT2D eigenvalue weighted by Crippen LogP contribution is -2.53. The average Bonchev–Trinajstić information content (AvgIpc) is 2.25.